The number of amides is 2. The third-order valence-corrected chi connectivity index (χ3v) is 6.33. The van der Waals surface area contributed by atoms with Crippen LogP contribution in [0.25, 0.3) is 17.0 Å². The van der Waals surface area contributed by atoms with E-state index in [2.05, 4.69) is 43.7 Å². The Balaban J connectivity index is 1.24. The van der Waals surface area contributed by atoms with Crippen LogP contribution in [0.15, 0.2) is 53.6 Å². The molecular weight excluding hydrogens is 424 g/mol. The Labute approximate surface area is 189 Å². The molecule has 1 atom stereocenters. The fourth-order valence-electron chi connectivity index (χ4n) is 3.93. The lowest BCUT2D eigenvalue weighted by Crippen LogP contribution is -2.46. The lowest BCUT2D eigenvalue weighted by atomic mass is 10.1. The summed E-state index contributed by atoms with van der Waals surface area (Å²) < 4.78 is 0. The minimum absolute atomic E-state index is 0.302. The van der Waals surface area contributed by atoms with Crippen LogP contribution in [-0.2, 0) is 11.3 Å². The molecule has 2 N–H and O–H groups in total. The molecule has 2 saturated heterocycles. The number of nitrogens with one attached hydrogen (secondary N) is 2. The zero-order chi connectivity index (χ0) is 21.9. The summed E-state index contributed by atoms with van der Waals surface area (Å²) in [6, 6.07) is 14.3. The van der Waals surface area contributed by atoms with Crippen molar-refractivity contribution in [3.05, 3.63) is 65.0 Å². The highest BCUT2D eigenvalue weighted by atomic mass is 32.2. The van der Waals surface area contributed by atoms with Crippen LogP contribution in [0, 0.1) is 0 Å². The molecule has 2 aliphatic heterocycles. The molecule has 4 heterocycles. The highest BCUT2D eigenvalue weighted by Gasteiger charge is 2.26. The van der Waals surface area contributed by atoms with Gasteiger partial charge in [0.05, 0.1) is 21.8 Å². The number of benzene rings is 1. The molecule has 0 aliphatic carbocycles. The van der Waals surface area contributed by atoms with Crippen LogP contribution >= 0.6 is 11.8 Å². The number of fused-ring (bicyclic) bond motifs is 1. The number of piperidine rings is 1. The van der Waals surface area contributed by atoms with Gasteiger partial charge in [0.15, 0.2) is 0 Å². The van der Waals surface area contributed by atoms with E-state index in [-0.39, 0.29) is 11.1 Å². The van der Waals surface area contributed by atoms with Gasteiger partial charge in [0, 0.05) is 37.3 Å². The molecule has 0 saturated carbocycles. The van der Waals surface area contributed by atoms with Gasteiger partial charge in [-0.25, -0.2) is 9.97 Å². The summed E-state index contributed by atoms with van der Waals surface area (Å²) in [6.07, 6.45) is 5.42. The van der Waals surface area contributed by atoms with Crippen LogP contribution in [0.1, 0.15) is 24.2 Å². The van der Waals surface area contributed by atoms with Crippen molar-refractivity contribution in [2.45, 2.75) is 25.4 Å². The van der Waals surface area contributed by atoms with Gasteiger partial charge in [-0.15, -0.1) is 0 Å². The van der Waals surface area contributed by atoms with Crippen molar-refractivity contribution in [2.75, 3.05) is 18.0 Å². The molecule has 1 aromatic carbocycles. The van der Waals surface area contributed by atoms with E-state index in [1.807, 2.05) is 18.2 Å². The molecule has 0 unspecified atom stereocenters. The van der Waals surface area contributed by atoms with Crippen molar-refractivity contribution in [3.63, 3.8) is 0 Å². The van der Waals surface area contributed by atoms with Crippen molar-refractivity contribution in [1.29, 1.82) is 0 Å². The van der Waals surface area contributed by atoms with Crippen LogP contribution in [0.3, 0.4) is 0 Å². The SMILES string of the molecule is O=C1NC(=O)C(=Cc2ccnc(N3CCC[C@H](NCc4ccc5ccccc5n4)C3)n2)S1. The number of thioether (sulfide) groups is 1. The molecule has 9 heteroatoms. The second-order valence-electron chi connectivity index (χ2n) is 7.80. The Morgan fingerprint density at radius 3 is 2.94 bits per heavy atom. The fourth-order valence-corrected chi connectivity index (χ4v) is 4.60. The maximum absolute atomic E-state index is 11.8. The highest BCUT2D eigenvalue weighted by molar-refractivity contribution is 8.18. The second kappa shape index (κ2) is 9.05. The molecule has 32 heavy (non-hydrogen) atoms. The lowest BCUT2D eigenvalue weighted by molar-refractivity contribution is -0.115. The minimum Gasteiger partial charge on any atom is -0.339 e. The summed E-state index contributed by atoms with van der Waals surface area (Å²) in [5, 5.41) is 6.66. The zero-order valence-electron chi connectivity index (χ0n) is 17.3. The summed E-state index contributed by atoms with van der Waals surface area (Å²) >= 11 is 0.887. The van der Waals surface area contributed by atoms with Gasteiger partial charge in [0.2, 0.25) is 5.95 Å². The first-order valence-corrected chi connectivity index (χ1v) is 11.4. The maximum atomic E-state index is 11.8. The van der Waals surface area contributed by atoms with Crippen molar-refractivity contribution < 1.29 is 9.59 Å². The molecule has 8 nitrogen and oxygen atoms in total. The first-order valence-electron chi connectivity index (χ1n) is 10.5. The van der Waals surface area contributed by atoms with Gasteiger partial charge >= 0.3 is 0 Å². The number of aromatic nitrogens is 3. The van der Waals surface area contributed by atoms with Crippen molar-refractivity contribution in [1.82, 2.24) is 25.6 Å². The number of nitrogens with zero attached hydrogens (tertiary/aromatic N) is 4. The van der Waals surface area contributed by atoms with E-state index in [0.29, 0.717) is 29.1 Å². The molecule has 162 valence electrons. The first kappa shape index (κ1) is 20.6. The molecule has 2 amide bonds. The van der Waals surface area contributed by atoms with Gasteiger partial charge < -0.3 is 10.2 Å². The summed E-state index contributed by atoms with van der Waals surface area (Å²) in [5.74, 6) is 0.245. The van der Waals surface area contributed by atoms with E-state index in [9.17, 15) is 9.59 Å². The average Bonchev–Trinajstić information content (AvgIpc) is 3.14. The van der Waals surface area contributed by atoms with Gasteiger partial charge in [-0.05, 0) is 48.9 Å². The Kier molecular flexibility index (Phi) is 5.83. The normalized spacial score (nSPS) is 20.2. The number of pyridine rings is 1. The fraction of sp³-hybridized carbons (Fsp3) is 0.261. The highest BCUT2D eigenvalue weighted by Crippen LogP contribution is 2.25. The lowest BCUT2D eigenvalue weighted by Gasteiger charge is -2.33. The van der Waals surface area contributed by atoms with Gasteiger partial charge in [-0.2, -0.15) is 0 Å². The smallest absolute Gasteiger partial charge is 0.290 e. The zero-order valence-corrected chi connectivity index (χ0v) is 18.1. The number of hydrogen-bond donors (Lipinski definition) is 2. The molecule has 0 radical (unpaired) electrons. The van der Waals surface area contributed by atoms with Crippen molar-refractivity contribution in [3.8, 4) is 0 Å². The van der Waals surface area contributed by atoms with Crippen LogP contribution in [0.5, 0.6) is 0 Å². The standard InChI is InChI=1S/C23H22N6O2S/c30-21-20(32-23(31)28-21)12-16-9-10-24-22(27-16)29-11-3-5-18(14-29)25-13-17-8-7-15-4-1-2-6-19(15)26-17/h1-2,4,6-10,12,18,25H,3,5,11,13-14H2,(H,28,30,31)/t18-/m0/s1. The second-order valence-corrected chi connectivity index (χ2v) is 8.81. The minimum atomic E-state index is -0.385. The van der Waals surface area contributed by atoms with Crippen LogP contribution in [-0.4, -0.2) is 45.2 Å². The van der Waals surface area contributed by atoms with Gasteiger partial charge in [-0.1, -0.05) is 24.3 Å². The number of carbonyl (C=O) groups is 2. The predicted octanol–water partition coefficient (Wildman–Crippen LogP) is 3.11. The monoisotopic (exact) mass is 446 g/mol. The molecule has 2 aromatic heterocycles. The molecule has 2 aliphatic rings. The van der Waals surface area contributed by atoms with Crippen molar-refractivity contribution in [2.24, 2.45) is 0 Å². The largest absolute Gasteiger partial charge is 0.339 e. The Bertz CT molecular complexity index is 1210. The Morgan fingerprint density at radius 1 is 1.16 bits per heavy atom. The van der Waals surface area contributed by atoms with Gasteiger partial charge in [-0.3, -0.25) is 19.9 Å². The molecule has 3 aromatic rings. The summed E-state index contributed by atoms with van der Waals surface area (Å²) in [6.45, 7) is 2.37. The summed E-state index contributed by atoms with van der Waals surface area (Å²) in [7, 11) is 0. The number of imide groups is 1. The molecule has 0 bridgehead atoms. The molecular formula is C23H22N6O2S. The quantitative estimate of drug-likeness (QED) is 0.577. The van der Waals surface area contributed by atoms with Crippen LogP contribution < -0.4 is 15.5 Å². The summed E-state index contributed by atoms with van der Waals surface area (Å²) in [4.78, 5) is 39.4. The van der Waals surface area contributed by atoms with Gasteiger partial charge in [0.25, 0.3) is 11.1 Å². The van der Waals surface area contributed by atoms with E-state index in [1.54, 1.807) is 18.3 Å². The third-order valence-electron chi connectivity index (χ3n) is 5.52. The maximum Gasteiger partial charge on any atom is 0.290 e. The van der Waals surface area contributed by atoms with E-state index in [0.717, 1.165) is 54.3 Å². The average molecular weight is 447 g/mol. The van der Waals surface area contributed by atoms with E-state index < -0.39 is 0 Å². The number of anilines is 1. The van der Waals surface area contributed by atoms with E-state index in [1.165, 1.54) is 0 Å². The van der Waals surface area contributed by atoms with E-state index >= 15 is 0 Å². The third kappa shape index (κ3) is 4.63. The first-order chi connectivity index (χ1) is 15.6. The predicted molar refractivity (Wildman–Crippen MR) is 125 cm³/mol. The Morgan fingerprint density at radius 2 is 2.06 bits per heavy atom. The topological polar surface area (TPSA) is 100 Å². The number of rotatable bonds is 5. The Hall–Kier alpha value is -3.30. The number of hydrogen-bond acceptors (Lipinski definition) is 8. The number of para-hydroxylation sites is 1. The number of carbonyl (C=O) groups excluding carboxylic acids is 2. The van der Waals surface area contributed by atoms with E-state index in [4.69, 9.17) is 4.98 Å². The summed E-state index contributed by atoms with van der Waals surface area (Å²) in [5.41, 5.74) is 2.64. The molecule has 5 rings (SSSR count). The van der Waals surface area contributed by atoms with Gasteiger partial charge in [0.1, 0.15) is 0 Å². The molecule has 2 fully saturated rings. The molecule has 0 spiro atoms. The van der Waals surface area contributed by atoms with Crippen LogP contribution in [0.2, 0.25) is 0 Å². The van der Waals surface area contributed by atoms with Crippen molar-refractivity contribution >= 4 is 45.8 Å². The van der Waals surface area contributed by atoms with Crippen LogP contribution in [0.4, 0.5) is 10.7 Å².